The highest BCUT2D eigenvalue weighted by Gasteiger charge is 2.17. The zero-order valence-electron chi connectivity index (χ0n) is 12.0. The minimum atomic E-state index is -0.336. The Labute approximate surface area is 128 Å². The van der Waals surface area contributed by atoms with Crippen LogP contribution in [0, 0.1) is 5.82 Å². The summed E-state index contributed by atoms with van der Waals surface area (Å²) in [5.74, 6) is 0.512. The van der Waals surface area contributed by atoms with E-state index in [1.807, 2.05) is 31.1 Å². The fraction of sp³-hybridized carbons (Fsp3) is 0.267. The Hall–Kier alpha value is -1.92. The third-order valence-corrected chi connectivity index (χ3v) is 3.32. The van der Waals surface area contributed by atoms with E-state index in [1.165, 1.54) is 6.07 Å². The Kier molecular flexibility index (Phi) is 5.30. The number of anilines is 1. The standard InChI is InChI=1S/C15H18FN3OS/c1-19(2)13(14-8-5-9-20-14)10-17-15(21)18-12-7-4-3-6-11(12)16/h3-9,13H,10H2,1-2H3,(H2,17,18,21)/t13-/m0/s1. The van der Waals surface area contributed by atoms with Crippen LogP contribution in [0.2, 0.25) is 0 Å². The minimum Gasteiger partial charge on any atom is -0.468 e. The third kappa shape index (κ3) is 4.27. The van der Waals surface area contributed by atoms with Crippen LogP contribution >= 0.6 is 12.2 Å². The molecule has 2 N–H and O–H groups in total. The lowest BCUT2D eigenvalue weighted by molar-refractivity contribution is 0.259. The van der Waals surface area contributed by atoms with E-state index in [4.69, 9.17) is 16.6 Å². The second kappa shape index (κ2) is 7.19. The molecule has 1 heterocycles. The number of halogens is 1. The zero-order chi connectivity index (χ0) is 15.2. The third-order valence-electron chi connectivity index (χ3n) is 3.07. The maximum Gasteiger partial charge on any atom is 0.170 e. The summed E-state index contributed by atoms with van der Waals surface area (Å²) < 4.78 is 18.9. The van der Waals surface area contributed by atoms with Crippen molar-refractivity contribution in [1.82, 2.24) is 10.2 Å². The van der Waals surface area contributed by atoms with Gasteiger partial charge in [0.15, 0.2) is 5.11 Å². The average molecular weight is 307 g/mol. The fourth-order valence-electron chi connectivity index (χ4n) is 1.94. The summed E-state index contributed by atoms with van der Waals surface area (Å²) in [5, 5.41) is 6.30. The average Bonchev–Trinajstić information content (AvgIpc) is 2.95. The summed E-state index contributed by atoms with van der Waals surface area (Å²) in [5.41, 5.74) is 0.356. The second-order valence-corrected chi connectivity index (χ2v) is 5.22. The molecule has 0 aliphatic carbocycles. The molecule has 4 nitrogen and oxygen atoms in total. The molecule has 0 aliphatic heterocycles. The van der Waals surface area contributed by atoms with Crippen molar-refractivity contribution in [2.45, 2.75) is 6.04 Å². The molecule has 0 spiro atoms. The predicted molar refractivity (Wildman–Crippen MR) is 85.8 cm³/mol. The molecule has 6 heteroatoms. The molecule has 0 amide bonds. The van der Waals surface area contributed by atoms with Crippen LogP contribution in [-0.2, 0) is 0 Å². The van der Waals surface area contributed by atoms with E-state index < -0.39 is 0 Å². The highest BCUT2D eigenvalue weighted by Crippen LogP contribution is 2.18. The second-order valence-electron chi connectivity index (χ2n) is 4.81. The van der Waals surface area contributed by atoms with Crippen molar-refractivity contribution in [1.29, 1.82) is 0 Å². The van der Waals surface area contributed by atoms with Gasteiger partial charge in [-0.1, -0.05) is 12.1 Å². The van der Waals surface area contributed by atoms with Crippen LogP contribution in [0.15, 0.2) is 47.1 Å². The van der Waals surface area contributed by atoms with Gasteiger partial charge in [-0.3, -0.25) is 4.90 Å². The van der Waals surface area contributed by atoms with Gasteiger partial charge in [0.25, 0.3) is 0 Å². The Morgan fingerprint density at radius 3 is 2.67 bits per heavy atom. The SMILES string of the molecule is CN(C)[C@@H](CNC(=S)Nc1ccccc1F)c1ccco1. The molecule has 0 unspecified atom stereocenters. The summed E-state index contributed by atoms with van der Waals surface area (Å²) >= 11 is 5.19. The first-order chi connectivity index (χ1) is 10.1. The van der Waals surface area contributed by atoms with Crippen molar-refractivity contribution < 1.29 is 8.81 Å². The molecule has 0 radical (unpaired) electrons. The quantitative estimate of drug-likeness (QED) is 0.831. The van der Waals surface area contributed by atoms with Gasteiger partial charge in [-0.15, -0.1) is 0 Å². The number of thiocarbonyl (C=S) groups is 1. The van der Waals surface area contributed by atoms with Crippen LogP contribution in [0.3, 0.4) is 0 Å². The lowest BCUT2D eigenvalue weighted by Crippen LogP contribution is -2.36. The van der Waals surface area contributed by atoms with Crippen molar-refractivity contribution in [2.75, 3.05) is 26.0 Å². The molecule has 0 saturated carbocycles. The number of hydrogen-bond donors (Lipinski definition) is 2. The van der Waals surface area contributed by atoms with E-state index in [-0.39, 0.29) is 11.9 Å². The van der Waals surface area contributed by atoms with Gasteiger partial charge < -0.3 is 15.1 Å². The van der Waals surface area contributed by atoms with Gasteiger partial charge in [-0.25, -0.2) is 4.39 Å². The molecule has 0 bridgehead atoms. The normalized spacial score (nSPS) is 12.2. The summed E-state index contributed by atoms with van der Waals surface area (Å²) in [6.45, 7) is 0.556. The van der Waals surface area contributed by atoms with Crippen molar-refractivity contribution in [3.8, 4) is 0 Å². The molecule has 0 saturated heterocycles. The zero-order valence-corrected chi connectivity index (χ0v) is 12.8. The summed E-state index contributed by atoms with van der Waals surface area (Å²) in [6.07, 6.45) is 1.64. The van der Waals surface area contributed by atoms with Crippen LogP contribution in [0.25, 0.3) is 0 Å². The minimum absolute atomic E-state index is 0.0420. The van der Waals surface area contributed by atoms with Crippen molar-refractivity contribution >= 4 is 23.0 Å². The van der Waals surface area contributed by atoms with E-state index in [0.717, 1.165) is 5.76 Å². The fourth-order valence-corrected chi connectivity index (χ4v) is 2.13. The van der Waals surface area contributed by atoms with Crippen LogP contribution < -0.4 is 10.6 Å². The van der Waals surface area contributed by atoms with Gasteiger partial charge in [-0.2, -0.15) is 0 Å². The number of nitrogens with zero attached hydrogens (tertiary/aromatic N) is 1. The molecule has 1 aromatic heterocycles. The van der Waals surface area contributed by atoms with Crippen molar-refractivity contribution in [3.05, 3.63) is 54.2 Å². The van der Waals surface area contributed by atoms with Gasteiger partial charge in [0.1, 0.15) is 11.6 Å². The summed E-state index contributed by atoms with van der Waals surface area (Å²) in [7, 11) is 3.92. The number of benzene rings is 1. The van der Waals surface area contributed by atoms with E-state index in [1.54, 1.807) is 24.5 Å². The van der Waals surface area contributed by atoms with Crippen LogP contribution in [0.5, 0.6) is 0 Å². The van der Waals surface area contributed by atoms with Crippen molar-refractivity contribution in [3.63, 3.8) is 0 Å². The lowest BCUT2D eigenvalue weighted by Gasteiger charge is -2.23. The molecule has 112 valence electrons. The molecule has 2 rings (SSSR count). The highest BCUT2D eigenvalue weighted by atomic mass is 32.1. The van der Waals surface area contributed by atoms with Gasteiger partial charge in [0, 0.05) is 6.54 Å². The Balaban J connectivity index is 1.92. The van der Waals surface area contributed by atoms with E-state index >= 15 is 0 Å². The molecular formula is C15H18FN3OS. The Bertz CT molecular complexity index is 586. The molecule has 1 atom stereocenters. The molecular weight excluding hydrogens is 289 g/mol. The van der Waals surface area contributed by atoms with Gasteiger partial charge in [0.2, 0.25) is 0 Å². The molecule has 21 heavy (non-hydrogen) atoms. The van der Waals surface area contributed by atoms with Crippen LogP contribution in [0.1, 0.15) is 11.8 Å². The first-order valence-corrected chi connectivity index (χ1v) is 6.98. The highest BCUT2D eigenvalue weighted by molar-refractivity contribution is 7.80. The molecule has 0 aliphatic rings. The summed E-state index contributed by atoms with van der Waals surface area (Å²) in [6, 6.07) is 10.2. The van der Waals surface area contributed by atoms with Gasteiger partial charge in [0.05, 0.1) is 18.0 Å². The lowest BCUT2D eigenvalue weighted by atomic mass is 10.2. The number of likely N-dealkylation sites (N-methyl/N-ethyl adjacent to an activating group) is 1. The Morgan fingerprint density at radius 2 is 2.05 bits per heavy atom. The van der Waals surface area contributed by atoms with Gasteiger partial charge >= 0.3 is 0 Å². The molecule has 0 fully saturated rings. The van der Waals surface area contributed by atoms with E-state index in [9.17, 15) is 4.39 Å². The smallest absolute Gasteiger partial charge is 0.170 e. The topological polar surface area (TPSA) is 40.4 Å². The maximum atomic E-state index is 13.5. The number of nitrogens with one attached hydrogen (secondary N) is 2. The first kappa shape index (κ1) is 15.5. The van der Waals surface area contributed by atoms with Gasteiger partial charge in [-0.05, 0) is 50.6 Å². The number of para-hydroxylation sites is 1. The van der Waals surface area contributed by atoms with E-state index in [0.29, 0.717) is 17.3 Å². The van der Waals surface area contributed by atoms with E-state index in [2.05, 4.69) is 10.6 Å². The number of rotatable bonds is 5. The monoisotopic (exact) mass is 307 g/mol. The number of hydrogen-bond acceptors (Lipinski definition) is 3. The summed E-state index contributed by atoms with van der Waals surface area (Å²) in [4.78, 5) is 2.03. The maximum absolute atomic E-state index is 13.5. The van der Waals surface area contributed by atoms with Crippen molar-refractivity contribution in [2.24, 2.45) is 0 Å². The molecule has 1 aromatic carbocycles. The largest absolute Gasteiger partial charge is 0.468 e. The van der Waals surface area contributed by atoms with Crippen LogP contribution in [-0.4, -0.2) is 30.7 Å². The first-order valence-electron chi connectivity index (χ1n) is 6.57. The number of furan rings is 1. The predicted octanol–water partition coefficient (Wildman–Crippen LogP) is 3.01. The molecule has 2 aromatic rings. The Morgan fingerprint density at radius 1 is 1.29 bits per heavy atom. The van der Waals surface area contributed by atoms with Crippen LogP contribution in [0.4, 0.5) is 10.1 Å².